The van der Waals surface area contributed by atoms with E-state index in [2.05, 4.69) is 10.3 Å². The summed E-state index contributed by atoms with van der Waals surface area (Å²) in [5.74, 6) is -0.613. The molecule has 1 heterocycles. The van der Waals surface area contributed by atoms with Gasteiger partial charge in [-0.25, -0.2) is 4.98 Å². The molecular weight excluding hydrogens is 400 g/mol. The highest BCUT2D eigenvalue weighted by molar-refractivity contribution is 7.14. The second kappa shape index (κ2) is 8.43. The zero-order chi connectivity index (χ0) is 20.1. The number of non-ortho nitro benzene ring substituents is 1. The number of nitrogens with one attached hydrogen (secondary N) is 1. The highest BCUT2D eigenvalue weighted by atomic mass is 35.5. The first kappa shape index (κ1) is 19.2. The Morgan fingerprint density at radius 2 is 1.89 bits per heavy atom. The highest BCUT2D eigenvalue weighted by Crippen LogP contribution is 2.26. The fourth-order valence-corrected chi connectivity index (χ4v) is 3.10. The molecule has 0 unspecified atom stereocenters. The lowest BCUT2D eigenvalue weighted by Crippen LogP contribution is -2.13. The molecule has 0 aliphatic rings. The lowest BCUT2D eigenvalue weighted by molar-refractivity contribution is -0.384. The van der Waals surface area contributed by atoms with E-state index in [0.29, 0.717) is 21.4 Å². The van der Waals surface area contributed by atoms with Crippen molar-refractivity contribution in [2.75, 3.05) is 5.32 Å². The van der Waals surface area contributed by atoms with Gasteiger partial charge in [0.05, 0.1) is 10.6 Å². The zero-order valence-electron chi connectivity index (χ0n) is 14.1. The molecule has 0 saturated heterocycles. The number of hydrogen-bond donors (Lipinski definition) is 1. The first-order valence-corrected chi connectivity index (χ1v) is 9.11. The first-order chi connectivity index (χ1) is 13.5. The minimum absolute atomic E-state index is 0.0716. The molecule has 1 aromatic heterocycles. The number of thiazole rings is 1. The van der Waals surface area contributed by atoms with Gasteiger partial charge in [0, 0.05) is 28.1 Å². The fourth-order valence-electron chi connectivity index (χ4n) is 2.26. The van der Waals surface area contributed by atoms with E-state index in [0.717, 1.165) is 5.56 Å². The van der Waals surface area contributed by atoms with E-state index in [-0.39, 0.29) is 11.3 Å². The Kier molecular flexibility index (Phi) is 5.79. The Morgan fingerprint density at radius 3 is 2.50 bits per heavy atom. The molecular formula is C19H11ClN4O3S. The Labute approximate surface area is 168 Å². The third kappa shape index (κ3) is 4.59. The van der Waals surface area contributed by atoms with Gasteiger partial charge in [-0.3, -0.25) is 20.2 Å². The molecule has 0 fully saturated rings. The molecule has 3 rings (SSSR count). The standard InChI is InChI=1S/C19H11ClN4O3S/c20-15-5-3-13(4-6-15)17-11-28-19(22-17)23-18(25)14(10-21)9-12-1-7-16(8-2-12)24(26)27/h1-9,11H,(H,22,23,25). The maximum absolute atomic E-state index is 12.4. The highest BCUT2D eigenvalue weighted by Gasteiger charge is 2.13. The van der Waals surface area contributed by atoms with Crippen LogP contribution in [0.3, 0.4) is 0 Å². The number of nitriles is 1. The molecule has 1 N–H and O–H groups in total. The number of rotatable bonds is 5. The Hall–Kier alpha value is -3.54. The first-order valence-electron chi connectivity index (χ1n) is 7.85. The summed E-state index contributed by atoms with van der Waals surface area (Å²) in [7, 11) is 0. The van der Waals surface area contributed by atoms with Crippen molar-refractivity contribution in [1.29, 1.82) is 5.26 Å². The van der Waals surface area contributed by atoms with Gasteiger partial charge in [-0.2, -0.15) is 5.26 Å². The average Bonchev–Trinajstić information content (AvgIpc) is 3.15. The van der Waals surface area contributed by atoms with E-state index < -0.39 is 10.8 Å². The minimum atomic E-state index is -0.613. The summed E-state index contributed by atoms with van der Waals surface area (Å²) in [6, 6.07) is 14.5. The van der Waals surface area contributed by atoms with Crippen molar-refractivity contribution in [3.05, 3.63) is 80.2 Å². The van der Waals surface area contributed by atoms with Crippen LogP contribution in [0.2, 0.25) is 5.02 Å². The summed E-state index contributed by atoms with van der Waals surface area (Å²) in [6.07, 6.45) is 1.35. The summed E-state index contributed by atoms with van der Waals surface area (Å²) in [5.41, 5.74) is 1.81. The van der Waals surface area contributed by atoms with E-state index in [1.54, 1.807) is 17.5 Å². The molecule has 0 bridgehead atoms. The zero-order valence-corrected chi connectivity index (χ0v) is 15.7. The van der Waals surface area contributed by atoms with E-state index in [9.17, 15) is 20.2 Å². The summed E-state index contributed by atoms with van der Waals surface area (Å²) in [4.78, 5) is 26.9. The van der Waals surface area contributed by atoms with Crippen LogP contribution in [0.25, 0.3) is 17.3 Å². The number of hydrogen-bond acceptors (Lipinski definition) is 6. The SMILES string of the molecule is N#CC(=Cc1ccc([N+](=O)[O-])cc1)C(=O)Nc1nc(-c2ccc(Cl)cc2)cs1. The molecule has 2 aromatic carbocycles. The average molecular weight is 411 g/mol. The number of carbonyl (C=O) groups excluding carboxylic acids is 1. The van der Waals surface area contributed by atoms with Crippen molar-refractivity contribution >= 4 is 45.7 Å². The number of amides is 1. The van der Waals surface area contributed by atoms with Crippen molar-refractivity contribution in [3.63, 3.8) is 0 Å². The van der Waals surface area contributed by atoms with E-state index in [1.165, 1.54) is 41.7 Å². The van der Waals surface area contributed by atoms with Gasteiger partial charge in [0.15, 0.2) is 5.13 Å². The van der Waals surface area contributed by atoms with Crippen LogP contribution in [0.5, 0.6) is 0 Å². The van der Waals surface area contributed by atoms with Gasteiger partial charge in [0.25, 0.3) is 11.6 Å². The topological polar surface area (TPSA) is 109 Å². The molecule has 138 valence electrons. The Balaban J connectivity index is 1.74. The molecule has 28 heavy (non-hydrogen) atoms. The molecule has 1 amide bonds. The number of aromatic nitrogens is 1. The number of carbonyl (C=O) groups is 1. The molecule has 0 atom stereocenters. The van der Waals surface area contributed by atoms with Gasteiger partial charge in [0.1, 0.15) is 11.6 Å². The normalized spacial score (nSPS) is 10.9. The Morgan fingerprint density at radius 1 is 1.21 bits per heavy atom. The monoisotopic (exact) mass is 410 g/mol. The number of nitro benzene ring substituents is 1. The largest absolute Gasteiger partial charge is 0.297 e. The maximum atomic E-state index is 12.4. The lowest BCUT2D eigenvalue weighted by Gasteiger charge is -2.01. The van der Waals surface area contributed by atoms with E-state index in [1.807, 2.05) is 18.2 Å². The van der Waals surface area contributed by atoms with Crippen molar-refractivity contribution in [1.82, 2.24) is 4.98 Å². The number of nitrogens with zero attached hydrogens (tertiary/aromatic N) is 3. The number of anilines is 1. The van der Waals surface area contributed by atoms with Gasteiger partial charge in [-0.05, 0) is 35.9 Å². The van der Waals surface area contributed by atoms with Crippen LogP contribution in [-0.2, 0) is 4.79 Å². The van der Waals surface area contributed by atoms with Gasteiger partial charge < -0.3 is 0 Å². The summed E-state index contributed by atoms with van der Waals surface area (Å²) < 4.78 is 0. The van der Waals surface area contributed by atoms with E-state index in [4.69, 9.17) is 11.6 Å². The van der Waals surface area contributed by atoms with Crippen LogP contribution >= 0.6 is 22.9 Å². The van der Waals surface area contributed by atoms with Crippen LogP contribution in [0, 0.1) is 21.4 Å². The van der Waals surface area contributed by atoms with Gasteiger partial charge >= 0.3 is 0 Å². The minimum Gasteiger partial charge on any atom is -0.297 e. The molecule has 9 heteroatoms. The quantitative estimate of drug-likeness (QED) is 0.278. The van der Waals surface area contributed by atoms with Crippen molar-refractivity contribution in [3.8, 4) is 17.3 Å². The Bertz CT molecular complexity index is 1100. The molecule has 0 aliphatic heterocycles. The molecule has 0 radical (unpaired) electrons. The summed E-state index contributed by atoms with van der Waals surface area (Å²) >= 11 is 7.10. The lowest BCUT2D eigenvalue weighted by atomic mass is 10.1. The van der Waals surface area contributed by atoms with Gasteiger partial charge in [0.2, 0.25) is 0 Å². The maximum Gasteiger partial charge on any atom is 0.269 e. The van der Waals surface area contributed by atoms with Crippen LogP contribution in [-0.4, -0.2) is 15.8 Å². The summed E-state index contributed by atoms with van der Waals surface area (Å²) in [6.45, 7) is 0. The van der Waals surface area contributed by atoms with E-state index >= 15 is 0 Å². The van der Waals surface area contributed by atoms with Gasteiger partial charge in [-0.1, -0.05) is 23.7 Å². The molecule has 0 spiro atoms. The second-order valence-corrected chi connectivity index (χ2v) is 6.81. The second-order valence-electron chi connectivity index (χ2n) is 5.52. The van der Waals surface area contributed by atoms with Gasteiger partial charge in [-0.15, -0.1) is 11.3 Å². The summed E-state index contributed by atoms with van der Waals surface area (Å²) in [5, 5.41) is 25.3. The van der Waals surface area contributed by atoms with Crippen LogP contribution < -0.4 is 5.32 Å². The van der Waals surface area contributed by atoms with Crippen LogP contribution in [0.4, 0.5) is 10.8 Å². The number of benzene rings is 2. The molecule has 7 nitrogen and oxygen atoms in total. The molecule has 3 aromatic rings. The van der Waals surface area contributed by atoms with Crippen LogP contribution in [0.15, 0.2) is 59.5 Å². The van der Waals surface area contributed by atoms with Crippen molar-refractivity contribution in [2.45, 2.75) is 0 Å². The third-order valence-electron chi connectivity index (χ3n) is 3.64. The number of nitro groups is 1. The fraction of sp³-hybridized carbons (Fsp3) is 0. The predicted molar refractivity (Wildman–Crippen MR) is 108 cm³/mol. The third-order valence-corrected chi connectivity index (χ3v) is 4.65. The molecule has 0 saturated carbocycles. The van der Waals surface area contributed by atoms with Crippen molar-refractivity contribution in [2.24, 2.45) is 0 Å². The van der Waals surface area contributed by atoms with Crippen LogP contribution in [0.1, 0.15) is 5.56 Å². The smallest absolute Gasteiger partial charge is 0.269 e. The molecule has 0 aliphatic carbocycles. The van der Waals surface area contributed by atoms with Crippen molar-refractivity contribution < 1.29 is 9.72 Å². The predicted octanol–water partition coefficient (Wildman–Crippen LogP) is 4.92. The number of halogens is 1.